The highest BCUT2D eigenvalue weighted by Gasteiger charge is 1.97. The van der Waals surface area contributed by atoms with Gasteiger partial charge in [0.25, 0.3) is 0 Å². The Hall–Kier alpha value is -0.540. The minimum absolute atomic E-state index is 0.753. The summed E-state index contributed by atoms with van der Waals surface area (Å²) in [6, 6.07) is 7.89. The van der Waals surface area contributed by atoms with E-state index in [1.165, 1.54) is 0 Å². The quantitative estimate of drug-likeness (QED) is 0.803. The highest BCUT2D eigenvalue weighted by molar-refractivity contribution is 9.10. The molecule has 0 bridgehead atoms. The van der Waals surface area contributed by atoms with Crippen molar-refractivity contribution in [3.8, 4) is 5.75 Å². The zero-order chi connectivity index (χ0) is 9.52. The molecule has 0 saturated heterocycles. The first-order valence-electron chi connectivity index (χ1n) is 4.36. The van der Waals surface area contributed by atoms with E-state index in [0.717, 1.165) is 29.8 Å². The van der Waals surface area contributed by atoms with Crippen LogP contribution in [0.3, 0.4) is 0 Å². The molecule has 0 heterocycles. The number of nitrogens with one attached hydrogen (secondary N) is 1. The third kappa shape index (κ3) is 3.79. The smallest absolute Gasteiger partial charge is 0.133 e. The van der Waals surface area contributed by atoms with Crippen molar-refractivity contribution in [3.63, 3.8) is 0 Å². The van der Waals surface area contributed by atoms with E-state index in [9.17, 15) is 0 Å². The predicted octanol–water partition coefficient (Wildman–Crippen LogP) is 2.44. The zero-order valence-corrected chi connectivity index (χ0v) is 9.30. The van der Waals surface area contributed by atoms with Gasteiger partial charge in [0, 0.05) is 0 Å². The molecular formula is C10H14BrNO. The maximum Gasteiger partial charge on any atom is 0.133 e. The van der Waals surface area contributed by atoms with E-state index in [4.69, 9.17) is 4.74 Å². The van der Waals surface area contributed by atoms with E-state index in [1.807, 2.05) is 31.3 Å². The molecule has 0 aliphatic heterocycles. The molecule has 1 aromatic carbocycles. The molecule has 0 fully saturated rings. The van der Waals surface area contributed by atoms with E-state index in [-0.39, 0.29) is 0 Å². The van der Waals surface area contributed by atoms with Crippen LogP contribution in [0.2, 0.25) is 0 Å². The number of halogens is 1. The molecule has 72 valence electrons. The van der Waals surface area contributed by atoms with Crippen molar-refractivity contribution in [1.29, 1.82) is 0 Å². The van der Waals surface area contributed by atoms with Gasteiger partial charge in [-0.2, -0.15) is 0 Å². The molecular weight excluding hydrogens is 230 g/mol. The molecule has 0 saturated carbocycles. The van der Waals surface area contributed by atoms with Crippen LogP contribution in [-0.2, 0) is 0 Å². The molecule has 0 spiro atoms. The number of hydrogen-bond donors (Lipinski definition) is 1. The van der Waals surface area contributed by atoms with Gasteiger partial charge in [-0.05, 0) is 48.1 Å². The first-order chi connectivity index (χ1) is 6.34. The van der Waals surface area contributed by atoms with Crippen LogP contribution < -0.4 is 10.1 Å². The Morgan fingerprint density at radius 3 is 2.85 bits per heavy atom. The number of benzene rings is 1. The number of para-hydroxylation sites is 1. The highest BCUT2D eigenvalue weighted by atomic mass is 79.9. The van der Waals surface area contributed by atoms with Crippen LogP contribution in [0.1, 0.15) is 6.42 Å². The summed E-state index contributed by atoms with van der Waals surface area (Å²) in [6.45, 7) is 1.74. The molecule has 1 N–H and O–H groups in total. The second kappa shape index (κ2) is 6.00. The predicted molar refractivity (Wildman–Crippen MR) is 58.2 cm³/mol. The Bertz CT molecular complexity index is 252. The number of rotatable bonds is 5. The number of hydrogen-bond acceptors (Lipinski definition) is 2. The van der Waals surface area contributed by atoms with Crippen molar-refractivity contribution >= 4 is 15.9 Å². The lowest BCUT2D eigenvalue weighted by atomic mass is 10.3. The minimum atomic E-state index is 0.753. The molecule has 0 aromatic heterocycles. The van der Waals surface area contributed by atoms with Crippen LogP contribution in [0.25, 0.3) is 0 Å². The summed E-state index contributed by atoms with van der Waals surface area (Å²) in [5, 5.41) is 3.08. The Kier molecular flexibility index (Phi) is 4.86. The molecule has 0 radical (unpaired) electrons. The SMILES string of the molecule is CNCCCOc1ccccc1Br. The average Bonchev–Trinajstić information content (AvgIpc) is 2.15. The van der Waals surface area contributed by atoms with Crippen LogP contribution in [0.15, 0.2) is 28.7 Å². The summed E-state index contributed by atoms with van der Waals surface area (Å²) in [5.74, 6) is 0.915. The lowest BCUT2D eigenvalue weighted by molar-refractivity contribution is 0.308. The minimum Gasteiger partial charge on any atom is -0.492 e. The van der Waals surface area contributed by atoms with Gasteiger partial charge in [0.1, 0.15) is 5.75 Å². The van der Waals surface area contributed by atoms with Crippen molar-refractivity contribution in [3.05, 3.63) is 28.7 Å². The third-order valence-electron chi connectivity index (χ3n) is 1.67. The summed E-state index contributed by atoms with van der Waals surface area (Å²) in [5.41, 5.74) is 0. The van der Waals surface area contributed by atoms with Crippen molar-refractivity contribution < 1.29 is 4.74 Å². The molecule has 0 aliphatic carbocycles. The molecule has 0 unspecified atom stereocenters. The van der Waals surface area contributed by atoms with Crippen molar-refractivity contribution in [2.45, 2.75) is 6.42 Å². The first-order valence-corrected chi connectivity index (χ1v) is 5.16. The fourth-order valence-electron chi connectivity index (χ4n) is 0.993. The van der Waals surface area contributed by atoms with E-state index < -0.39 is 0 Å². The molecule has 13 heavy (non-hydrogen) atoms. The Morgan fingerprint density at radius 1 is 1.38 bits per heavy atom. The van der Waals surface area contributed by atoms with Crippen LogP contribution in [0.4, 0.5) is 0 Å². The lowest BCUT2D eigenvalue weighted by Crippen LogP contribution is -2.11. The largest absolute Gasteiger partial charge is 0.492 e. The zero-order valence-electron chi connectivity index (χ0n) is 7.72. The van der Waals surface area contributed by atoms with Gasteiger partial charge in [-0.25, -0.2) is 0 Å². The standard InChI is InChI=1S/C10H14BrNO/c1-12-7-4-8-13-10-6-3-2-5-9(10)11/h2-3,5-6,12H,4,7-8H2,1H3. The maximum absolute atomic E-state index is 5.55. The fraction of sp³-hybridized carbons (Fsp3) is 0.400. The van der Waals surface area contributed by atoms with Gasteiger partial charge in [-0.1, -0.05) is 12.1 Å². The Balaban J connectivity index is 2.32. The summed E-state index contributed by atoms with van der Waals surface area (Å²) in [4.78, 5) is 0. The molecule has 0 atom stereocenters. The molecule has 0 amide bonds. The van der Waals surface area contributed by atoms with Gasteiger partial charge in [0.2, 0.25) is 0 Å². The van der Waals surface area contributed by atoms with Gasteiger partial charge in [-0.3, -0.25) is 0 Å². The fourth-order valence-corrected chi connectivity index (χ4v) is 1.39. The molecule has 1 aromatic rings. The van der Waals surface area contributed by atoms with Crippen LogP contribution in [0, 0.1) is 0 Å². The third-order valence-corrected chi connectivity index (χ3v) is 2.32. The molecule has 0 aliphatic rings. The summed E-state index contributed by atoms with van der Waals surface area (Å²) < 4.78 is 6.57. The van der Waals surface area contributed by atoms with Gasteiger partial charge in [0.05, 0.1) is 11.1 Å². The summed E-state index contributed by atoms with van der Waals surface area (Å²) in [6.07, 6.45) is 1.03. The highest BCUT2D eigenvalue weighted by Crippen LogP contribution is 2.23. The van der Waals surface area contributed by atoms with E-state index >= 15 is 0 Å². The van der Waals surface area contributed by atoms with Gasteiger partial charge < -0.3 is 10.1 Å². The molecule has 1 rings (SSSR count). The maximum atomic E-state index is 5.55. The normalized spacial score (nSPS) is 10.0. The Labute approximate surface area is 87.4 Å². The van der Waals surface area contributed by atoms with Crippen molar-refractivity contribution in [2.24, 2.45) is 0 Å². The van der Waals surface area contributed by atoms with Gasteiger partial charge in [0.15, 0.2) is 0 Å². The van der Waals surface area contributed by atoms with E-state index in [2.05, 4.69) is 21.2 Å². The van der Waals surface area contributed by atoms with E-state index in [1.54, 1.807) is 0 Å². The molecule has 2 nitrogen and oxygen atoms in total. The summed E-state index contributed by atoms with van der Waals surface area (Å²) >= 11 is 3.42. The first kappa shape index (κ1) is 10.5. The Morgan fingerprint density at radius 2 is 2.15 bits per heavy atom. The average molecular weight is 244 g/mol. The van der Waals surface area contributed by atoms with Crippen LogP contribution in [-0.4, -0.2) is 20.2 Å². The van der Waals surface area contributed by atoms with Crippen molar-refractivity contribution in [1.82, 2.24) is 5.32 Å². The summed E-state index contributed by atoms with van der Waals surface area (Å²) in [7, 11) is 1.94. The topological polar surface area (TPSA) is 21.3 Å². The van der Waals surface area contributed by atoms with Crippen LogP contribution in [0.5, 0.6) is 5.75 Å². The van der Waals surface area contributed by atoms with Gasteiger partial charge >= 0.3 is 0 Å². The van der Waals surface area contributed by atoms with E-state index in [0.29, 0.717) is 0 Å². The van der Waals surface area contributed by atoms with Crippen molar-refractivity contribution in [2.75, 3.05) is 20.2 Å². The number of ether oxygens (including phenoxy) is 1. The second-order valence-corrected chi connectivity index (χ2v) is 3.59. The second-order valence-electron chi connectivity index (χ2n) is 2.74. The lowest BCUT2D eigenvalue weighted by Gasteiger charge is -2.06. The van der Waals surface area contributed by atoms with Crippen LogP contribution >= 0.6 is 15.9 Å². The molecule has 3 heteroatoms. The van der Waals surface area contributed by atoms with Gasteiger partial charge in [-0.15, -0.1) is 0 Å². The monoisotopic (exact) mass is 243 g/mol.